The van der Waals surface area contributed by atoms with Gasteiger partial charge in [-0.2, -0.15) is 5.10 Å². The van der Waals surface area contributed by atoms with Crippen LogP contribution in [0.2, 0.25) is 5.02 Å². The molecule has 150 valence electrons. The van der Waals surface area contributed by atoms with Crippen molar-refractivity contribution < 1.29 is 9.18 Å². The first-order valence-corrected chi connectivity index (χ1v) is 9.77. The number of aromatic nitrogens is 2. The summed E-state index contributed by atoms with van der Waals surface area (Å²) in [7, 11) is 0. The van der Waals surface area contributed by atoms with Crippen molar-refractivity contribution in [1.82, 2.24) is 9.78 Å². The van der Waals surface area contributed by atoms with Crippen LogP contribution < -0.4 is 5.32 Å². The maximum absolute atomic E-state index is 14.0. The van der Waals surface area contributed by atoms with E-state index in [1.807, 2.05) is 19.1 Å². The number of benzene rings is 2. The standard InChI is InChI=1S/C23H23ClFN3O/c1-15(2)18-10-7-17(8-11-18)9-12-23(29)26-22-13-16(3)28(27-22)14-19-20(24)5-4-6-21(19)25/h4-13,15H,14H2,1-3H3,(H,26,27,29)/b12-9+. The molecule has 0 radical (unpaired) electrons. The van der Waals surface area contributed by atoms with Gasteiger partial charge in [-0.05, 0) is 42.2 Å². The Balaban J connectivity index is 1.66. The number of amides is 1. The molecule has 3 aromatic rings. The summed E-state index contributed by atoms with van der Waals surface area (Å²) in [5, 5.41) is 7.42. The van der Waals surface area contributed by atoms with E-state index in [1.54, 1.807) is 29.0 Å². The summed E-state index contributed by atoms with van der Waals surface area (Å²) in [5.41, 5.74) is 3.35. The van der Waals surface area contributed by atoms with Crippen molar-refractivity contribution in [3.8, 4) is 0 Å². The van der Waals surface area contributed by atoms with Crippen LogP contribution in [-0.2, 0) is 11.3 Å². The van der Waals surface area contributed by atoms with Gasteiger partial charge in [0, 0.05) is 28.4 Å². The molecule has 1 amide bonds. The molecule has 0 aliphatic heterocycles. The minimum Gasteiger partial charge on any atom is -0.306 e. The summed E-state index contributed by atoms with van der Waals surface area (Å²) in [6.45, 7) is 6.30. The third-order valence-electron chi connectivity index (χ3n) is 4.63. The maximum Gasteiger partial charge on any atom is 0.249 e. The summed E-state index contributed by atoms with van der Waals surface area (Å²) in [5.74, 6) is 0.199. The van der Waals surface area contributed by atoms with Gasteiger partial charge in [0.2, 0.25) is 5.91 Å². The zero-order valence-corrected chi connectivity index (χ0v) is 17.4. The Morgan fingerprint density at radius 1 is 1.24 bits per heavy atom. The molecule has 2 aromatic carbocycles. The van der Waals surface area contributed by atoms with Gasteiger partial charge in [0.25, 0.3) is 0 Å². The first-order valence-electron chi connectivity index (χ1n) is 9.40. The van der Waals surface area contributed by atoms with E-state index in [0.29, 0.717) is 22.3 Å². The van der Waals surface area contributed by atoms with E-state index in [4.69, 9.17) is 11.6 Å². The molecule has 0 saturated carbocycles. The van der Waals surface area contributed by atoms with Gasteiger partial charge in [-0.25, -0.2) is 4.39 Å². The Kier molecular flexibility index (Phi) is 6.49. The third kappa shape index (κ3) is 5.33. The molecule has 1 heterocycles. The van der Waals surface area contributed by atoms with E-state index in [-0.39, 0.29) is 18.3 Å². The number of nitrogens with one attached hydrogen (secondary N) is 1. The van der Waals surface area contributed by atoms with E-state index in [2.05, 4.69) is 36.4 Å². The zero-order valence-electron chi connectivity index (χ0n) is 16.6. The third-order valence-corrected chi connectivity index (χ3v) is 4.99. The van der Waals surface area contributed by atoms with Crippen LogP contribution in [0.1, 0.15) is 42.1 Å². The predicted molar refractivity (Wildman–Crippen MR) is 116 cm³/mol. The Hall–Kier alpha value is -2.92. The Morgan fingerprint density at radius 2 is 1.97 bits per heavy atom. The van der Waals surface area contributed by atoms with Crippen LogP contribution >= 0.6 is 11.6 Å². The number of carbonyl (C=O) groups excluding carboxylic acids is 1. The van der Waals surface area contributed by atoms with E-state index in [9.17, 15) is 9.18 Å². The molecule has 29 heavy (non-hydrogen) atoms. The molecule has 0 atom stereocenters. The number of anilines is 1. The SMILES string of the molecule is Cc1cc(NC(=O)/C=C/c2ccc(C(C)C)cc2)nn1Cc1c(F)cccc1Cl. The van der Waals surface area contributed by atoms with Gasteiger partial charge >= 0.3 is 0 Å². The van der Waals surface area contributed by atoms with Gasteiger partial charge in [-0.1, -0.05) is 55.8 Å². The summed E-state index contributed by atoms with van der Waals surface area (Å²) < 4.78 is 15.6. The normalized spacial score (nSPS) is 11.4. The topological polar surface area (TPSA) is 46.9 Å². The minimum absolute atomic E-state index is 0.186. The molecule has 0 aliphatic carbocycles. The highest BCUT2D eigenvalue weighted by Crippen LogP contribution is 2.21. The fourth-order valence-corrected chi connectivity index (χ4v) is 3.12. The molecule has 1 N–H and O–H groups in total. The predicted octanol–water partition coefficient (Wildman–Crippen LogP) is 5.81. The fraction of sp³-hybridized carbons (Fsp3) is 0.217. The second-order valence-electron chi connectivity index (χ2n) is 7.17. The monoisotopic (exact) mass is 411 g/mol. The molecule has 0 spiro atoms. The number of carbonyl (C=O) groups is 1. The highest BCUT2D eigenvalue weighted by molar-refractivity contribution is 6.31. The lowest BCUT2D eigenvalue weighted by molar-refractivity contribution is -0.111. The smallest absolute Gasteiger partial charge is 0.249 e. The molecule has 0 saturated heterocycles. The largest absolute Gasteiger partial charge is 0.306 e. The summed E-state index contributed by atoms with van der Waals surface area (Å²) in [6.07, 6.45) is 3.22. The van der Waals surface area contributed by atoms with Crippen LogP contribution in [0.3, 0.4) is 0 Å². The second kappa shape index (κ2) is 9.05. The van der Waals surface area contributed by atoms with Crippen LogP contribution in [0.5, 0.6) is 0 Å². The van der Waals surface area contributed by atoms with Gasteiger partial charge < -0.3 is 5.32 Å². The summed E-state index contributed by atoms with van der Waals surface area (Å²) in [6, 6.07) is 14.4. The molecular weight excluding hydrogens is 389 g/mol. The molecule has 0 fully saturated rings. The van der Waals surface area contributed by atoms with E-state index < -0.39 is 0 Å². The lowest BCUT2D eigenvalue weighted by atomic mass is 10.0. The van der Waals surface area contributed by atoms with Crippen LogP contribution in [-0.4, -0.2) is 15.7 Å². The summed E-state index contributed by atoms with van der Waals surface area (Å²) in [4.78, 5) is 12.2. The number of halogens is 2. The van der Waals surface area contributed by atoms with Crippen LogP contribution in [0.4, 0.5) is 10.2 Å². The Morgan fingerprint density at radius 3 is 2.62 bits per heavy atom. The fourth-order valence-electron chi connectivity index (χ4n) is 2.90. The van der Waals surface area contributed by atoms with Crippen molar-refractivity contribution in [3.63, 3.8) is 0 Å². The molecule has 3 rings (SSSR count). The van der Waals surface area contributed by atoms with Crippen LogP contribution in [0.15, 0.2) is 54.6 Å². The second-order valence-corrected chi connectivity index (χ2v) is 7.58. The number of nitrogens with zero attached hydrogens (tertiary/aromatic N) is 2. The van der Waals surface area contributed by atoms with Crippen molar-refractivity contribution in [2.24, 2.45) is 0 Å². The molecule has 0 bridgehead atoms. The van der Waals surface area contributed by atoms with Gasteiger partial charge in [0.15, 0.2) is 5.82 Å². The highest BCUT2D eigenvalue weighted by Gasteiger charge is 2.12. The maximum atomic E-state index is 14.0. The Bertz CT molecular complexity index is 1020. The van der Waals surface area contributed by atoms with Crippen molar-refractivity contribution in [2.75, 3.05) is 5.32 Å². The van der Waals surface area contributed by atoms with Crippen LogP contribution in [0, 0.1) is 12.7 Å². The molecule has 0 aliphatic rings. The van der Waals surface area contributed by atoms with Gasteiger partial charge in [-0.15, -0.1) is 0 Å². The van der Waals surface area contributed by atoms with Gasteiger partial charge in [-0.3, -0.25) is 9.48 Å². The average molecular weight is 412 g/mol. The van der Waals surface area contributed by atoms with E-state index in [1.165, 1.54) is 17.7 Å². The molecule has 1 aromatic heterocycles. The number of rotatable bonds is 6. The van der Waals surface area contributed by atoms with Crippen molar-refractivity contribution in [1.29, 1.82) is 0 Å². The van der Waals surface area contributed by atoms with Crippen molar-refractivity contribution in [3.05, 3.63) is 87.8 Å². The molecule has 4 nitrogen and oxygen atoms in total. The van der Waals surface area contributed by atoms with Gasteiger partial charge in [0.1, 0.15) is 5.82 Å². The molecule has 0 unspecified atom stereocenters. The lowest BCUT2D eigenvalue weighted by Gasteiger charge is -2.07. The minimum atomic E-state index is -0.385. The van der Waals surface area contributed by atoms with Gasteiger partial charge in [0.05, 0.1) is 6.54 Å². The first-order chi connectivity index (χ1) is 13.8. The highest BCUT2D eigenvalue weighted by atomic mass is 35.5. The van der Waals surface area contributed by atoms with Crippen molar-refractivity contribution in [2.45, 2.75) is 33.2 Å². The summed E-state index contributed by atoms with van der Waals surface area (Å²) >= 11 is 6.09. The van der Waals surface area contributed by atoms with E-state index >= 15 is 0 Å². The number of hydrogen-bond donors (Lipinski definition) is 1. The molecule has 6 heteroatoms. The quantitative estimate of drug-likeness (QED) is 0.520. The van der Waals surface area contributed by atoms with Crippen molar-refractivity contribution >= 4 is 29.4 Å². The van der Waals surface area contributed by atoms with Crippen LogP contribution in [0.25, 0.3) is 6.08 Å². The average Bonchev–Trinajstić information content (AvgIpc) is 3.02. The number of aryl methyl sites for hydroxylation is 1. The first kappa shape index (κ1) is 20.8. The lowest BCUT2D eigenvalue weighted by Crippen LogP contribution is -2.10. The van der Waals surface area contributed by atoms with E-state index in [0.717, 1.165) is 11.3 Å². The zero-order chi connectivity index (χ0) is 21.0. The Labute approximate surface area is 175 Å². The number of hydrogen-bond acceptors (Lipinski definition) is 2. The molecular formula is C23H23ClFN3O.